The average molecular weight is 172 g/mol. The molecule has 12 heavy (non-hydrogen) atoms. The van der Waals surface area contributed by atoms with Gasteiger partial charge in [0, 0.05) is 12.2 Å². The Bertz CT molecular complexity index is 276. The van der Waals surface area contributed by atoms with E-state index in [-0.39, 0.29) is 6.04 Å². The van der Waals surface area contributed by atoms with Crippen LogP contribution in [0, 0.1) is 11.8 Å². The van der Waals surface area contributed by atoms with E-state index < -0.39 is 11.8 Å². The van der Waals surface area contributed by atoms with E-state index in [2.05, 4.69) is 4.98 Å². The molecule has 66 valence electrons. The van der Waals surface area contributed by atoms with Crippen LogP contribution < -0.4 is 5.73 Å². The van der Waals surface area contributed by atoms with Crippen molar-refractivity contribution in [1.29, 1.82) is 0 Å². The summed E-state index contributed by atoms with van der Waals surface area (Å²) in [5, 5.41) is 0. The highest BCUT2D eigenvalue weighted by molar-refractivity contribution is 5.14. The van der Waals surface area contributed by atoms with Crippen LogP contribution in [-0.4, -0.2) is 4.98 Å². The summed E-state index contributed by atoms with van der Waals surface area (Å²) in [6, 6.07) is 0.809. The normalized spacial score (nSPS) is 13.0. The molecule has 1 aromatic heterocycles. The maximum atomic E-state index is 12.6. The number of hydrogen-bond donors (Lipinski definition) is 1. The van der Waals surface area contributed by atoms with E-state index in [0.717, 1.165) is 6.07 Å². The van der Waals surface area contributed by atoms with Crippen LogP contribution in [0.2, 0.25) is 0 Å². The average Bonchev–Trinajstić information content (AvgIpc) is 2.08. The van der Waals surface area contributed by atoms with E-state index in [4.69, 9.17) is 5.73 Å². The lowest BCUT2D eigenvalue weighted by Gasteiger charge is -2.07. The van der Waals surface area contributed by atoms with E-state index in [0.29, 0.717) is 12.0 Å². The van der Waals surface area contributed by atoms with E-state index >= 15 is 0 Å². The fraction of sp³-hybridized carbons (Fsp3) is 0.375. The standard InChI is InChI=1S/C8H10F2N2/c1-2-7(11)5-3-6(9)8(10)12-4-5/h3-4,7H,2,11H2,1H3/t7-/m1/s1. The van der Waals surface area contributed by atoms with Crippen LogP contribution in [0.1, 0.15) is 24.9 Å². The predicted octanol–water partition coefficient (Wildman–Crippen LogP) is 1.77. The first-order chi connectivity index (χ1) is 5.65. The van der Waals surface area contributed by atoms with Gasteiger partial charge in [0.05, 0.1) is 0 Å². The highest BCUT2D eigenvalue weighted by atomic mass is 19.2. The van der Waals surface area contributed by atoms with Crippen LogP contribution in [-0.2, 0) is 0 Å². The van der Waals surface area contributed by atoms with Gasteiger partial charge < -0.3 is 5.73 Å². The fourth-order valence-electron chi connectivity index (χ4n) is 0.874. The van der Waals surface area contributed by atoms with Crippen molar-refractivity contribution in [3.63, 3.8) is 0 Å². The van der Waals surface area contributed by atoms with Gasteiger partial charge >= 0.3 is 0 Å². The molecular weight excluding hydrogens is 162 g/mol. The number of hydrogen-bond acceptors (Lipinski definition) is 2. The Kier molecular flexibility index (Phi) is 2.70. The van der Waals surface area contributed by atoms with Crippen molar-refractivity contribution >= 4 is 0 Å². The molecule has 0 aliphatic rings. The van der Waals surface area contributed by atoms with Gasteiger partial charge in [-0.05, 0) is 18.1 Å². The van der Waals surface area contributed by atoms with Crippen LogP contribution in [0.25, 0.3) is 0 Å². The third-order valence-electron chi connectivity index (χ3n) is 1.69. The summed E-state index contributed by atoms with van der Waals surface area (Å²) in [6.07, 6.45) is 1.93. The van der Waals surface area contributed by atoms with Gasteiger partial charge in [-0.3, -0.25) is 0 Å². The summed E-state index contributed by atoms with van der Waals surface area (Å²) in [7, 11) is 0. The molecule has 0 saturated heterocycles. The summed E-state index contributed by atoms with van der Waals surface area (Å²) in [5.74, 6) is -2.03. The zero-order valence-corrected chi connectivity index (χ0v) is 6.72. The van der Waals surface area contributed by atoms with Crippen molar-refractivity contribution in [2.24, 2.45) is 5.73 Å². The van der Waals surface area contributed by atoms with Crippen molar-refractivity contribution in [2.75, 3.05) is 0 Å². The third-order valence-corrected chi connectivity index (χ3v) is 1.69. The number of pyridine rings is 1. The first-order valence-corrected chi connectivity index (χ1v) is 3.71. The van der Waals surface area contributed by atoms with Crippen LogP contribution in [0.3, 0.4) is 0 Å². The van der Waals surface area contributed by atoms with E-state index in [1.807, 2.05) is 6.92 Å². The molecule has 0 fully saturated rings. The molecule has 0 aliphatic heterocycles. The lowest BCUT2D eigenvalue weighted by atomic mass is 10.1. The number of nitrogens with two attached hydrogens (primary N) is 1. The summed E-state index contributed by atoms with van der Waals surface area (Å²) in [5.41, 5.74) is 6.11. The summed E-state index contributed by atoms with van der Waals surface area (Å²) in [4.78, 5) is 3.23. The molecule has 0 saturated carbocycles. The largest absolute Gasteiger partial charge is 0.324 e. The highest BCUT2D eigenvalue weighted by Gasteiger charge is 2.08. The van der Waals surface area contributed by atoms with Crippen molar-refractivity contribution in [3.8, 4) is 0 Å². The van der Waals surface area contributed by atoms with Crippen LogP contribution in [0.15, 0.2) is 12.3 Å². The SMILES string of the molecule is CC[C@@H](N)c1cnc(F)c(F)c1. The smallest absolute Gasteiger partial charge is 0.248 e. The Balaban J connectivity index is 2.96. The Labute approximate surface area is 69.4 Å². The van der Waals surface area contributed by atoms with Gasteiger partial charge in [0.2, 0.25) is 5.95 Å². The second-order valence-corrected chi connectivity index (χ2v) is 2.56. The number of rotatable bonds is 2. The Morgan fingerprint density at radius 1 is 1.58 bits per heavy atom. The number of halogens is 2. The van der Waals surface area contributed by atoms with Crippen molar-refractivity contribution in [3.05, 3.63) is 29.6 Å². The molecule has 2 N–H and O–H groups in total. The molecular formula is C8H10F2N2. The van der Waals surface area contributed by atoms with Gasteiger partial charge in [-0.2, -0.15) is 4.39 Å². The van der Waals surface area contributed by atoms with Crippen molar-refractivity contribution in [1.82, 2.24) is 4.98 Å². The van der Waals surface area contributed by atoms with Crippen LogP contribution >= 0.6 is 0 Å². The molecule has 4 heteroatoms. The van der Waals surface area contributed by atoms with Crippen LogP contribution in [0.4, 0.5) is 8.78 Å². The molecule has 0 bridgehead atoms. The molecule has 1 atom stereocenters. The minimum absolute atomic E-state index is 0.271. The fourth-order valence-corrected chi connectivity index (χ4v) is 0.874. The van der Waals surface area contributed by atoms with E-state index in [1.54, 1.807) is 0 Å². The summed E-state index contributed by atoms with van der Waals surface area (Å²) >= 11 is 0. The second kappa shape index (κ2) is 3.58. The summed E-state index contributed by atoms with van der Waals surface area (Å²) < 4.78 is 24.9. The molecule has 0 spiro atoms. The minimum atomic E-state index is -1.08. The van der Waals surface area contributed by atoms with Gasteiger partial charge in [-0.25, -0.2) is 9.37 Å². The van der Waals surface area contributed by atoms with E-state index in [9.17, 15) is 8.78 Å². The van der Waals surface area contributed by atoms with Gasteiger partial charge in [-0.1, -0.05) is 6.92 Å². The lowest BCUT2D eigenvalue weighted by Crippen LogP contribution is -2.09. The molecule has 0 unspecified atom stereocenters. The molecule has 1 rings (SSSR count). The molecule has 0 radical (unpaired) electrons. The van der Waals surface area contributed by atoms with Gasteiger partial charge in [0.15, 0.2) is 5.82 Å². The van der Waals surface area contributed by atoms with Gasteiger partial charge in [0.1, 0.15) is 0 Å². The topological polar surface area (TPSA) is 38.9 Å². The quantitative estimate of drug-likeness (QED) is 0.690. The maximum Gasteiger partial charge on any atom is 0.248 e. The van der Waals surface area contributed by atoms with Gasteiger partial charge in [0.25, 0.3) is 0 Å². The Morgan fingerprint density at radius 2 is 2.25 bits per heavy atom. The van der Waals surface area contributed by atoms with Crippen molar-refractivity contribution < 1.29 is 8.78 Å². The predicted molar refractivity (Wildman–Crippen MR) is 41.4 cm³/mol. The lowest BCUT2D eigenvalue weighted by molar-refractivity contribution is 0.474. The van der Waals surface area contributed by atoms with Crippen LogP contribution in [0.5, 0.6) is 0 Å². The monoisotopic (exact) mass is 172 g/mol. The first-order valence-electron chi connectivity index (χ1n) is 3.71. The molecule has 0 aromatic carbocycles. The van der Waals surface area contributed by atoms with Crippen molar-refractivity contribution in [2.45, 2.75) is 19.4 Å². The minimum Gasteiger partial charge on any atom is -0.324 e. The Hall–Kier alpha value is -1.03. The highest BCUT2D eigenvalue weighted by Crippen LogP contribution is 2.14. The van der Waals surface area contributed by atoms with E-state index in [1.165, 1.54) is 6.20 Å². The molecule has 0 amide bonds. The molecule has 1 aromatic rings. The third kappa shape index (κ3) is 1.76. The molecule has 0 aliphatic carbocycles. The molecule has 2 nitrogen and oxygen atoms in total. The van der Waals surface area contributed by atoms with Gasteiger partial charge in [-0.15, -0.1) is 0 Å². The number of aromatic nitrogens is 1. The molecule has 1 heterocycles. The first kappa shape index (κ1) is 9.06. The zero-order valence-electron chi connectivity index (χ0n) is 6.72. The second-order valence-electron chi connectivity index (χ2n) is 2.56. The summed E-state index contributed by atoms with van der Waals surface area (Å²) in [6.45, 7) is 1.87. The zero-order chi connectivity index (χ0) is 9.14. The number of nitrogens with zero attached hydrogens (tertiary/aromatic N) is 1. The Morgan fingerprint density at radius 3 is 2.75 bits per heavy atom. The maximum absolute atomic E-state index is 12.6.